The largest absolute Gasteiger partial charge is 0.507 e. The van der Waals surface area contributed by atoms with Crippen LogP contribution in [0.25, 0.3) is 22.1 Å². The van der Waals surface area contributed by atoms with Gasteiger partial charge in [-0.25, -0.2) is 0 Å². The van der Waals surface area contributed by atoms with Gasteiger partial charge >= 0.3 is 0 Å². The summed E-state index contributed by atoms with van der Waals surface area (Å²) in [4.78, 5) is 12.7. The minimum Gasteiger partial charge on any atom is -0.507 e. The fraction of sp³-hybridized carbons (Fsp3) is 0.118. The molecular weight excluding hydrogens is 300 g/mol. The van der Waals surface area contributed by atoms with Gasteiger partial charge in [-0.05, 0) is 18.2 Å². The summed E-state index contributed by atoms with van der Waals surface area (Å²) in [6.07, 6.45) is 1.32. The minimum atomic E-state index is -0.247. The SMILES string of the molecule is COc1ccc2c(=O)c(-c3cc4c(cc3O)OCO4)coc2c1. The standard InChI is InChI=1S/C17H12O6/c1-20-9-2-3-10-14(4-9)21-7-12(17(10)19)11-5-15-16(6-13(11)18)23-8-22-15/h2-7,18H,8H2,1H3. The Morgan fingerprint density at radius 2 is 1.87 bits per heavy atom. The van der Waals surface area contributed by atoms with Crippen molar-refractivity contribution in [1.82, 2.24) is 0 Å². The molecule has 0 spiro atoms. The van der Waals surface area contributed by atoms with E-state index in [1.165, 1.54) is 19.4 Å². The van der Waals surface area contributed by atoms with E-state index in [-0.39, 0.29) is 23.5 Å². The maximum absolute atomic E-state index is 12.7. The van der Waals surface area contributed by atoms with Crippen LogP contribution in [0.2, 0.25) is 0 Å². The third-order valence-corrected chi connectivity index (χ3v) is 3.76. The van der Waals surface area contributed by atoms with Gasteiger partial charge in [-0.2, -0.15) is 0 Å². The van der Waals surface area contributed by atoms with Crippen molar-refractivity contribution in [3.8, 4) is 34.1 Å². The molecule has 1 aliphatic rings. The third kappa shape index (κ3) is 2.07. The molecule has 0 atom stereocenters. The van der Waals surface area contributed by atoms with Gasteiger partial charge in [0.1, 0.15) is 23.3 Å². The summed E-state index contributed by atoms with van der Waals surface area (Å²) in [5, 5.41) is 10.6. The summed E-state index contributed by atoms with van der Waals surface area (Å²) < 4.78 is 21.1. The Morgan fingerprint density at radius 3 is 2.65 bits per heavy atom. The maximum atomic E-state index is 12.7. The number of phenols is 1. The second-order valence-electron chi connectivity index (χ2n) is 5.06. The van der Waals surface area contributed by atoms with Crippen molar-refractivity contribution in [3.05, 3.63) is 46.8 Å². The van der Waals surface area contributed by atoms with Crippen molar-refractivity contribution in [1.29, 1.82) is 0 Å². The zero-order chi connectivity index (χ0) is 16.0. The van der Waals surface area contributed by atoms with Gasteiger partial charge < -0.3 is 23.7 Å². The topological polar surface area (TPSA) is 78.1 Å². The molecule has 0 fully saturated rings. The normalized spacial score (nSPS) is 12.6. The van der Waals surface area contributed by atoms with Crippen LogP contribution in [0, 0.1) is 0 Å². The molecule has 0 amide bonds. The third-order valence-electron chi connectivity index (χ3n) is 3.76. The van der Waals surface area contributed by atoms with E-state index < -0.39 is 0 Å². The summed E-state index contributed by atoms with van der Waals surface area (Å²) in [6.45, 7) is 0.0876. The number of hydrogen-bond donors (Lipinski definition) is 1. The highest BCUT2D eigenvalue weighted by Crippen LogP contribution is 2.41. The molecule has 116 valence electrons. The Morgan fingerprint density at radius 1 is 1.09 bits per heavy atom. The first-order valence-corrected chi connectivity index (χ1v) is 6.90. The molecule has 2 heterocycles. The predicted molar refractivity (Wildman–Crippen MR) is 82.3 cm³/mol. The summed E-state index contributed by atoms with van der Waals surface area (Å²) in [6, 6.07) is 7.95. The monoisotopic (exact) mass is 312 g/mol. The zero-order valence-corrected chi connectivity index (χ0v) is 12.2. The predicted octanol–water partition coefficient (Wildman–Crippen LogP) is 2.90. The van der Waals surface area contributed by atoms with Crippen LogP contribution in [0.3, 0.4) is 0 Å². The highest BCUT2D eigenvalue weighted by molar-refractivity contribution is 5.84. The molecule has 2 aromatic carbocycles. The molecule has 0 aliphatic carbocycles. The molecule has 1 N–H and O–H groups in total. The van der Waals surface area contributed by atoms with Crippen LogP contribution in [0.15, 0.2) is 45.8 Å². The van der Waals surface area contributed by atoms with Gasteiger partial charge in [-0.1, -0.05) is 0 Å². The molecule has 4 rings (SSSR count). The average molecular weight is 312 g/mol. The molecule has 23 heavy (non-hydrogen) atoms. The number of methoxy groups -OCH3 is 1. The molecule has 1 aromatic heterocycles. The highest BCUT2D eigenvalue weighted by Gasteiger charge is 2.20. The second kappa shape index (κ2) is 4.95. The van der Waals surface area contributed by atoms with Crippen LogP contribution in [-0.2, 0) is 0 Å². The molecule has 0 radical (unpaired) electrons. The van der Waals surface area contributed by atoms with E-state index in [0.29, 0.717) is 33.8 Å². The van der Waals surface area contributed by atoms with Gasteiger partial charge in [0.2, 0.25) is 12.2 Å². The van der Waals surface area contributed by atoms with Crippen molar-refractivity contribution < 1.29 is 23.7 Å². The van der Waals surface area contributed by atoms with Crippen molar-refractivity contribution in [2.24, 2.45) is 0 Å². The molecule has 0 saturated heterocycles. The lowest BCUT2D eigenvalue weighted by Gasteiger charge is -2.07. The number of hydrogen-bond acceptors (Lipinski definition) is 6. The molecule has 3 aromatic rings. The van der Waals surface area contributed by atoms with Crippen LogP contribution in [0.4, 0.5) is 0 Å². The van der Waals surface area contributed by atoms with Gasteiger partial charge in [0, 0.05) is 17.7 Å². The Balaban J connectivity index is 1.93. The van der Waals surface area contributed by atoms with Crippen molar-refractivity contribution in [3.63, 3.8) is 0 Å². The molecular formula is C17H12O6. The lowest BCUT2D eigenvalue weighted by molar-refractivity contribution is 0.174. The van der Waals surface area contributed by atoms with Gasteiger partial charge in [-0.15, -0.1) is 0 Å². The second-order valence-corrected chi connectivity index (χ2v) is 5.06. The van der Waals surface area contributed by atoms with Crippen molar-refractivity contribution in [2.75, 3.05) is 13.9 Å². The summed E-state index contributed by atoms with van der Waals surface area (Å²) in [5.74, 6) is 1.45. The van der Waals surface area contributed by atoms with Crippen LogP contribution in [0.1, 0.15) is 0 Å². The molecule has 6 nitrogen and oxygen atoms in total. The number of fused-ring (bicyclic) bond motifs is 2. The molecule has 0 bridgehead atoms. The fourth-order valence-electron chi connectivity index (χ4n) is 2.57. The number of ether oxygens (including phenoxy) is 3. The number of aromatic hydroxyl groups is 1. The Bertz CT molecular complexity index is 973. The van der Waals surface area contributed by atoms with E-state index in [0.717, 1.165) is 0 Å². The first-order chi connectivity index (χ1) is 11.2. The summed E-state index contributed by atoms with van der Waals surface area (Å²) >= 11 is 0. The maximum Gasteiger partial charge on any atom is 0.231 e. The van der Waals surface area contributed by atoms with Gasteiger partial charge in [0.05, 0.1) is 18.1 Å². The zero-order valence-electron chi connectivity index (χ0n) is 12.2. The van der Waals surface area contributed by atoms with Crippen LogP contribution in [0.5, 0.6) is 23.0 Å². The first-order valence-electron chi connectivity index (χ1n) is 6.90. The molecule has 0 unspecified atom stereocenters. The number of benzene rings is 2. The Kier molecular flexibility index (Phi) is 2.90. The highest BCUT2D eigenvalue weighted by atomic mass is 16.7. The number of rotatable bonds is 2. The van der Waals surface area contributed by atoms with E-state index in [4.69, 9.17) is 18.6 Å². The van der Waals surface area contributed by atoms with E-state index in [1.54, 1.807) is 24.3 Å². The smallest absolute Gasteiger partial charge is 0.231 e. The Labute approximate surface area is 130 Å². The van der Waals surface area contributed by atoms with E-state index in [2.05, 4.69) is 0 Å². The van der Waals surface area contributed by atoms with Crippen LogP contribution >= 0.6 is 0 Å². The van der Waals surface area contributed by atoms with Crippen LogP contribution in [-0.4, -0.2) is 19.0 Å². The molecule has 6 heteroatoms. The van der Waals surface area contributed by atoms with Crippen LogP contribution < -0.4 is 19.6 Å². The fourth-order valence-corrected chi connectivity index (χ4v) is 2.57. The lowest BCUT2D eigenvalue weighted by Crippen LogP contribution is -2.05. The quantitative estimate of drug-likeness (QED) is 0.784. The van der Waals surface area contributed by atoms with E-state index in [9.17, 15) is 9.90 Å². The van der Waals surface area contributed by atoms with Crippen molar-refractivity contribution >= 4 is 11.0 Å². The Hall–Kier alpha value is -3.15. The van der Waals surface area contributed by atoms with E-state index >= 15 is 0 Å². The van der Waals surface area contributed by atoms with Crippen molar-refractivity contribution in [2.45, 2.75) is 0 Å². The minimum absolute atomic E-state index is 0.0746. The first kappa shape index (κ1) is 13.5. The number of phenolic OH excluding ortho intramolecular Hbond substituents is 1. The summed E-state index contributed by atoms with van der Waals surface area (Å²) in [5.41, 5.74) is 0.751. The van der Waals surface area contributed by atoms with E-state index in [1.807, 2.05) is 0 Å². The molecule has 1 aliphatic heterocycles. The van der Waals surface area contributed by atoms with Gasteiger partial charge in [-0.3, -0.25) is 4.79 Å². The van der Waals surface area contributed by atoms with Gasteiger partial charge in [0.15, 0.2) is 11.5 Å². The summed E-state index contributed by atoms with van der Waals surface area (Å²) in [7, 11) is 1.54. The van der Waals surface area contributed by atoms with Gasteiger partial charge in [0.25, 0.3) is 0 Å². The average Bonchev–Trinajstić information content (AvgIpc) is 3.01. The lowest BCUT2D eigenvalue weighted by atomic mass is 10.0. The molecule has 0 saturated carbocycles.